The third kappa shape index (κ3) is 3.65. The van der Waals surface area contributed by atoms with Crippen LogP contribution in [0.3, 0.4) is 0 Å². The minimum atomic E-state index is 0.0897. The van der Waals surface area contributed by atoms with E-state index in [1.165, 1.54) is 0 Å². The van der Waals surface area contributed by atoms with Crippen LogP contribution in [0.2, 0.25) is 0 Å². The largest absolute Gasteiger partial charge is 0.356 e. The molecule has 1 rings (SSSR count). The lowest BCUT2D eigenvalue weighted by molar-refractivity contribution is -0.121. The molecule has 3 heteroatoms. The maximum Gasteiger partial charge on any atom is 0.219 e. The third-order valence-corrected chi connectivity index (χ3v) is 2.72. The van der Waals surface area contributed by atoms with Crippen LogP contribution in [0.1, 0.15) is 39.5 Å². The van der Waals surface area contributed by atoms with Gasteiger partial charge in [0.05, 0.1) is 0 Å². The summed E-state index contributed by atoms with van der Waals surface area (Å²) in [6.07, 6.45) is 6.57. The normalized spacial score (nSPS) is 15.5. The van der Waals surface area contributed by atoms with Crippen molar-refractivity contribution in [3.63, 3.8) is 0 Å². The molecule has 0 bridgehead atoms. The van der Waals surface area contributed by atoms with Gasteiger partial charge in [0.2, 0.25) is 5.91 Å². The second-order valence-electron chi connectivity index (χ2n) is 4.03. The van der Waals surface area contributed by atoms with E-state index in [0.29, 0.717) is 19.4 Å². The second kappa shape index (κ2) is 6.26. The van der Waals surface area contributed by atoms with E-state index in [4.69, 9.17) is 0 Å². The molecule has 0 atom stereocenters. The number of nitrogens with one attached hydrogen (secondary N) is 1. The number of hydrogen-bond acceptors (Lipinski definition) is 2. The first kappa shape index (κ1) is 12.7. The molecule has 1 aliphatic carbocycles. The van der Waals surface area contributed by atoms with Crippen LogP contribution in [0.4, 0.5) is 0 Å². The second-order valence-corrected chi connectivity index (χ2v) is 4.03. The molecule has 0 heterocycles. The van der Waals surface area contributed by atoms with E-state index in [9.17, 15) is 9.59 Å². The maximum absolute atomic E-state index is 11.4. The van der Waals surface area contributed by atoms with Crippen LogP contribution in [0, 0.1) is 0 Å². The molecule has 88 valence electrons. The smallest absolute Gasteiger partial charge is 0.219 e. The van der Waals surface area contributed by atoms with Crippen LogP contribution in [0.25, 0.3) is 0 Å². The van der Waals surface area contributed by atoms with Crippen LogP contribution >= 0.6 is 0 Å². The number of ketones is 1. The number of Topliss-reactive ketones (excluding diaryl/α,β-unsaturated/α-hetero) is 1. The van der Waals surface area contributed by atoms with Gasteiger partial charge in [0, 0.05) is 19.4 Å². The van der Waals surface area contributed by atoms with Gasteiger partial charge in [-0.25, -0.2) is 0 Å². The molecule has 0 fully saturated rings. The quantitative estimate of drug-likeness (QED) is 0.773. The summed E-state index contributed by atoms with van der Waals surface area (Å²) in [4.78, 5) is 22.6. The molecule has 1 aliphatic rings. The molecule has 0 aromatic carbocycles. The van der Waals surface area contributed by atoms with E-state index < -0.39 is 0 Å². The Hall–Kier alpha value is -1.38. The SMILES string of the molecule is CCCC(=O)NCCC1=C(C)C(=O)CC=C1. The number of rotatable bonds is 5. The van der Waals surface area contributed by atoms with Crippen LogP contribution in [-0.2, 0) is 9.59 Å². The Balaban J connectivity index is 2.38. The van der Waals surface area contributed by atoms with E-state index in [1.54, 1.807) is 0 Å². The van der Waals surface area contributed by atoms with Gasteiger partial charge in [-0.2, -0.15) is 0 Å². The highest BCUT2D eigenvalue weighted by Crippen LogP contribution is 2.17. The monoisotopic (exact) mass is 221 g/mol. The summed E-state index contributed by atoms with van der Waals surface area (Å²) in [7, 11) is 0. The summed E-state index contributed by atoms with van der Waals surface area (Å²) in [5, 5.41) is 2.85. The summed E-state index contributed by atoms with van der Waals surface area (Å²) in [6, 6.07) is 0. The van der Waals surface area contributed by atoms with Gasteiger partial charge in [-0.15, -0.1) is 0 Å². The highest BCUT2D eigenvalue weighted by molar-refractivity contribution is 5.98. The van der Waals surface area contributed by atoms with Gasteiger partial charge in [-0.3, -0.25) is 9.59 Å². The van der Waals surface area contributed by atoms with Crippen molar-refractivity contribution in [2.24, 2.45) is 0 Å². The van der Waals surface area contributed by atoms with Crippen LogP contribution in [0.15, 0.2) is 23.3 Å². The lowest BCUT2D eigenvalue weighted by Crippen LogP contribution is -2.24. The van der Waals surface area contributed by atoms with Gasteiger partial charge in [0.15, 0.2) is 5.78 Å². The van der Waals surface area contributed by atoms with Crippen molar-refractivity contribution in [3.05, 3.63) is 23.3 Å². The number of carbonyl (C=O) groups is 2. The highest BCUT2D eigenvalue weighted by atomic mass is 16.1. The molecule has 0 saturated heterocycles. The van der Waals surface area contributed by atoms with Crippen LogP contribution < -0.4 is 5.32 Å². The van der Waals surface area contributed by atoms with Crippen molar-refractivity contribution in [2.45, 2.75) is 39.5 Å². The Bertz CT molecular complexity index is 340. The molecule has 0 aliphatic heterocycles. The molecule has 1 amide bonds. The Morgan fingerprint density at radius 1 is 1.50 bits per heavy atom. The molecule has 0 aromatic rings. The summed E-state index contributed by atoms with van der Waals surface area (Å²) in [6.45, 7) is 4.45. The van der Waals surface area contributed by atoms with Gasteiger partial charge in [-0.1, -0.05) is 19.1 Å². The first-order valence-electron chi connectivity index (χ1n) is 5.81. The molecule has 0 saturated carbocycles. The number of carbonyl (C=O) groups excluding carboxylic acids is 2. The van der Waals surface area contributed by atoms with Crippen LogP contribution in [-0.4, -0.2) is 18.2 Å². The molecule has 0 radical (unpaired) electrons. The molecule has 0 aromatic heterocycles. The van der Waals surface area contributed by atoms with Crippen molar-refractivity contribution >= 4 is 11.7 Å². The van der Waals surface area contributed by atoms with E-state index in [2.05, 4.69) is 5.32 Å². The molecule has 0 spiro atoms. The fraction of sp³-hybridized carbons (Fsp3) is 0.538. The third-order valence-electron chi connectivity index (χ3n) is 2.72. The van der Waals surface area contributed by atoms with E-state index >= 15 is 0 Å². The predicted molar refractivity (Wildman–Crippen MR) is 64.0 cm³/mol. The zero-order valence-electron chi connectivity index (χ0n) is 10.0. The van der Waals surface area contributed by atoms with Gasteiger partial charge in [0.1, 0.15) is 0 Å². The van der Waals surface area contributed by atoms with Crippen molar-refractivity contribution in [1.29, 1.82) is 0 Å². The highest BCUT2D eigenvalue weighted by Gasteiger charge is 2.11. The Morgan fingerprint density at radius 2 is 2.25 bits per heavy atom. The number of hydrogen-bond donors (Lipinski definition) is 1. The molecule has 1 N–H and O–H groups in total. The van der Waals surface area contributed by atoms with E-state index in [-0.39, 0.29) is 11.7 Å². The average molecular weight is 221 g/mol. The van der Waals surface area contributed by atoms with E-state index in [0.717, 1.165) is 24.0 Å². The first-order valence-corrected chi connectivity index (χ1v) is 5.81. The molecular weight excluding hydrogens is 202 g/mol. The zero-order chi connectivity index (χ0) is 12.0. The predicted octanol–water partition coefficient (Wildman–Crippen LogP) is 2.14. The maximum atomic E-state index is 11.4. The van der Waals surface area contributed by atoms with Gasteiger partial charge in [0.25, 0.3) is 0 Å². The molecular formula is C13H19NO2. The van der Waals surface area contributed by atoms with Crippen molar-refractivity contribution in [2.75, 3.05) is 6.54 Å². The van der Waals surface area contributed by atoms with Gasteiger partial charge in [-0.05, 0) is 30.9 Å². The number of allylic oxidation sites excluding steroid dienone is 3. The van der Waals surface area contributed by atoms with Gasteiger partial charge < -0.3 is 5.32 Å². The number of amides is 1. The van der Waals surface area contributed by atoms with Crippen molar-refractivity contribution in [3.8, 4) is 0 Å². The Kier molecular flexibility index (Phi) is 4.96. The minimum Gasteiger partial charge on any atom is -0.356 e. The fourth-order valence-corrected chi connectivity index (χ4v) is 1.69. The van der Waals surface area contributed by atoms with Crippen molar-refractivity contribution in [1.82, 2.24) is 5.32 Å². The Morgan fingerprint density at radius 3 is 2.94 bits per heavy atom. The minimum absolute atomic E-state index is 0.0897. The molecule has 16 heavy (non-hydrogen) atoms. The summed E-state index contributed by atoms with van der Waals surface area (Å²) >= 11 is 0. The topological polar surface area (TPSA) is 46.2 Å². The van der Waals surface area contributed by atoms with Crippen molar-refractivity contribution < 1.29 is 9.59 Å². The van der Waals surface area contributed by atoms with Crippen LogP contribution in [0.5, 0.6) is 0 Å². The summed E-state index contributed by atoms with van der Waals surface area (Å²) in [5.41, 5.74) is 1.89. The standard InChI is InChI=1S/C13H19NO2/c1-3-5-13(16)14-9-8-11-6-4-7-12(15)10(11)2/h4,6H,3,5,7-9H2,1-2H3,(H,14,16). The molecule has 0 unspecified atom stereocenters. The lowest BCUT2D eigenvalue weighted by atomic mass is 9.95. The average Bonchev–Trinajstić information content (AvgIpc) is 2.25. The summed E-state index contributed by atoms with van der Waals surface area (Å²) < 4.78 is 0. The summed E-state index contributed by atoms with van der Waals surface area (Å²) in [5.74, 6) is 0.282. The Labute approximate surface area is 96.6 Å². The zero-order valence-corrected chi connectivity index (χ0v) is 10.0. The first-order chi connectivity index (χ1) is 7.65. The molecule has 3 nitrogen and oxygen atoms in total. The van der Waals surface area contributed by atoms with E-state index in [1.807, 2.05) is 26.0 Å². The fourth-order valence-electron chi connectivity index (χ4n) is 1.69. The van der Waals surface area contributed by atoms with Gasteiger partial charge >= 0.3 is 0 Å². The lowest BCUT2D eigenvalue weighted by Gasteiger charge is -2.12.